The molecular formula is C11H16N2O3S. The first kappa shape index (κ1) is 13.5. The van der Waals surface area contributed by atoms with E-state index in [1.54, 1.807) is 31.2 Å². The molecule has 1 aromatic rings. The fourth-order valence-corrected chi connectivity index (χ4v) is 1.72. The number of carbonyl (C=O) groups is 1. The molecule has 1 rings (SSSR count). The third-order valence-corrected chi connectivity index (χ3v) is 3.52. The molecule has 0 radical (unpaired) electrons. The Hall–Kier alpha value is -1.56. The number of amides is 1. The quantitative estimate of drug-likeness (QED) is 0.886. The summed E-state index contributed by atoms with van der Waals surface area (Å²) in [6.07, 6.45) is 1.51. The van der Waals surface area contributed by atoms with E-state index in [-0.39, 0.29) is 5.91 Å². The Morgan fingerprint density at radius 3 is 2.59 bits per heavy atom. The number of nitrogens with zero attached hydrogens (tertiary/aromatic N) is 1. The fraction of sp³-hybridized carbons (Fsp3) is 0.364. The van der Waals surface area contributed by atoms with Crippen LogP contribution in [-0.2, 0) is 14.8 Å². The van der Waals surface area contributed by atoms with Crippen LogP contribution in [0, 0.1) is 0 Å². The lowest BCUT2D eigenvalue weighted by molar-refractivity contribution is -0.115. The third kappa shape index (κ3) is 3.74. The van der Waals surface area contributed by atoms with Crippen LogP contribution < -0.4 is 9.62 Å². The van der Waals surface area contributed by atoms with Crippen LogP contribution in [0.3, 0.4) is 0 Å². The molecule has 0 aromatic heterocycles. The molecule has 0 atom stereocenters. The lowest BCUT2D eigenvalue weighted by Crippen LogP contribution is -2.24. The highest BCUT2D eigenvalue weighted by Crippen LogP contribution is 2.20. The average Bonchev–Trinajstić information content (AvgIpc) is 2.27. The van der Waals surface area contributed by atoms with E-state index in [1.807, 2.05) is 0 Å². The summed E-state index contributed by atoms with van der Waals surface area (Å²) in [5, 5.41) is 2.68. The van der Waals surface area contributed by atoms with Crippen LogP contribution in [-0.4, -0.2) is 27.6 Å². The monoisotopic (exact) mass is 256 g/mol. The number of rotatable bonds is 4. The molecule has 1 amide bonds. The Labute approximate surface area is 101 Å². The normalized spacial score (nSPS) is 11.0. The summed E-state index contributed by atoms with van der Waals surface area (Å²) in [7, 11) is -1.82. The van der Waals surface area contributed by atoms with Gasteiger partial charge in [-0.3, -0.25) is 9.10 Å². The molecule has 0 aliphatic heterocycles. The lowest BCUT2D eigenvalue weighted by Gasteiger charge is -2.17. The topological polar surface area (TPSA) is 66.5 Å². The summed E-state index contributed by atoms with van der Waals surface area (Å²) >= 11 is 0. The minimum absolute atomic E-state index is 0.107. The number of anilines is 2. The van der Waals surface area contributed by atoms with Gasteiger partial charge in [0.1, 0.15) is 0 Å². The fourth-order valence-electron chi connectivity index (χ4n) is 1.22. The maximum Gasteiger partial charge on any atom is 0.231 e. The zero-order valence-corrected chi connectivity index (χ0v) is 10.9. The van der Waals surface area contributed by atoms with Crippen LogP contribution in [0.15, 0.2) is 24.3 Å². The van der Waals surface area contributed by atoms with E-state index in [4.69, 9.17) is 0 Å². The first-order chi connectivity index (χ1) is 7.84. The molecule has 0 unspecified atom stereocenters. The zero-order chi connectivity index (χ0) is 13.1. The third-order valence-electron chi connectivity index (χ3n) is 2.31. The Morgan fingerprint density at radius 1 is 1.41 bits per heavy atom. The molecule has 0 heterocycles. The second kappa shape index (κ2) is 5.18. The molecule has 94 valence electrons. The van der Waals surface area contributed by atoms with Crippen molar-refractivity contribution in [1.29, 1.82) is 0 Å². The highest BCUT2D eigenvalue weighted by molar-refractivity contribution is 7.92. The van der Waals surface area contributed by atoms with Gasteiger partial charge in [0.15, 0.2) is 0 Å². The summed E-state index contributed by atoms with van der Waals surface area (Å²) in [6.45, 7) is 1.75. The molecule has 6 heteroatoms. The Bertz CT molecular complexity index is 511. The predicted molar refractivity (Wildman–Crippen MR) is 68.6 cm³/mol. The van der Waals surface area contributed by atoms with Gasteiger partial charge in [-0.15, -0.1) is 0 Å². The Kier molecular flexibility index (Phi) is 4.11. The Balaban J connectivity index is 2.97. The summed E-state index contributed by atoms with van der Waals surface area (Å²) in [5.74, 6) is -0.107. The van der Waals surface area contributed by atoms with Crippen molar-refractivity contribution in [3.8, 4) is 0 Å². The summed E-state index contributed by atoms with van der Waals surface area (Å²) in [6, 6.07) is 6.70. The van der Waals surface area contributed by atoms with Gasteiger partial charge < -0.3 is 5.32 Å². The molecular weight excluding hydrogens is 240 g/mol. The average molecular weight is 256 g/mol. The van der Waals surface area contributed by atoms with E-state index < -0.39 is 10.0 Å². The van der Waals surface area contributed by atoms with Gasteiger partial charge >= 0.3 is 0 Å². The molecule has 0 aliphatic rings. The molecule has 0 fully saturated rings. The van der Waals surface area contributed by atoms with Crippen molar-refractivity contribution in [2.45, 2.75) is 13.3 Å². The summed E-state index contributed by atoms with van der Waals surface area (Å²) < 4.78 is 23.9. The molecule has 0 bridgehead atoms. The second-order valence-electron chi connectivity index (χ2n) is 3.68. The van der Waals surface area contributed by atoms with Crippen molar-refractivity contribution in [2.75, 3.05) is 22.9 Å². The smallest absolute Gasteiger partial charge is 0.231 e. The van der Waals surface area contributed by atoms with Crippen molar-refractivity contribution in [3.05, 3.63) is 24.3 Å². The Morgan fingerprint density at radius 2 is 2.06 bits per heavy atom. The highest BCUT2D eigenvalue weighted by Gasteiger charge is 2.12. The van der Waals surface area contributed by atoms with Gasteiger partial charge in [-0.1, -0.05) is 13.0 Å². The molecule has 0 aliphatic carbocycles. The van der Waals surface area contributed by atoms with Crippen molar-refractivity contribution >= 4 is 27.3 Å². The van der Waals surface area contributed by atoms with Crippen LogP contribution >= 0.6 is 0 Å². The molecule has 0 saturated carbocycles. The number of nitrogens with one attached hydrogen (secondary N) is 1. The molecule has 0 saturated heterocycles. The second-order valence-corrected chi connectivity index (χ2v) is 5.70. The van der Waals surface area contributed by atoms with Crippen molar-refractivity contribution in [1.82, 2.24) is 0 Å². The van der Waals surface area contributed by atoms with E-state index in [0.717, 1.165) is 10.6 Å². The van der Waals surface area contributed by atoms with Gasteiger partial charge in [0.05, 0.1) is 11.9 Å². The van der Waals surface area contributed by atoms with Crippen molar-refractivity contribution in [2.24, 2.45) is 0 Å². The van der Waals surface area contributed by atoms with E-state index in [2.05, 4.69) is 5.32 Å². The van der Waals surface area contributed by atoms with Gasteiger partial charge in [0.2, 0.25) is 15.9 Å². The van der Waals surface area contributed by atoms with Gasteiger partial charge in [-0.25, -0.2) is 8.42 Å². The molecule has 5 nitrogen and oxygen atoms in total. The number of hydrogen-bond donors (Lipinski definition) is 1. The molecule has 0 spiro atoms. The largest absolute Gasteiger partial charge is 0.326 e. The van der Waals surface area contributed by atoms with Gasteiger partial charge in [0, 0.05) is 19.2 Å². The minimum Gasteiger partial charge on any atom is -0.326 e. The molecule has 17 heavy (non-hydrogen) atoms. The number of benzene rings is 1. The minimum atomic E-state index is -3.29. The lowest BCUT2D eigenvalue weighted by atomic mass is 10.2. The van der Waals surface area contributed by atoms with Gasteiger partial charge in [0.25, 0.3) is 0 Å². The maximum absolute atomic E-state index is 11.4. The SMILES string of the molecule is CCC(=O)Nc1cccc(N(C)S(C)(=O)=O)c1. The summed E-state index contributed by atoms with van der Waals surface area (Å²) in [4.78, 5) is 11.2. The first-order valence-electron chi connectivity index (χ1n) is 5.18. The maximum atomic E-state index is 11.4. The zero-order valence-electron chi connectivity index (χ0n) is 10.1. The van der Waals surface area contributed by atoms with Crippen LogP contribution in [0.2, 0.25) is 0 Å². The predicted octanol–water partition coefficient (Wildman–Crippen LogP) is 1.43. The van der Waals surface area contributed by atoms with Crippen LogP contribution in [0.25, 0.3) is 0 Å². The summed E-state index contributed by atoms with van der Waals surface area (Å²) in [5.41, 5.74) is 1.10. The van der Waals surface area contributed by atoms with Crippen molar-refractivity contribution < 1.29 is 13.2 Å². The van der Waals surface area contributed by atoms with Crippen LogP contribution in [0.5, 0.6) is 0 Å². The molecule has 1 N–H and O–H groups in total. The number of hydrogen-bond acceptors (Lipinski definition) is 3. The first-order valence-corrected chi connectivity index (χ1v) is 7.03. The van der Waals surface area contributed by atoms with Crippen molar-refractivity contribution in [3.63, 3.8) is 0 Å². The highest BCUT2D eigenvalue weighted by atomic mass is 32.2. The number of sulfonamides is 1. The standard InChI is InChI=1S/C11H16N2O3S/c1-4-11(14)12-9-6-5-7-10(8-9)13(2)17(3,15)16/h5-8H,4H2,1-3H3,(H,12,14). The van der Waals surface area contributed by atoms with Gasteiger partial charge in [-0.05, 0) is 18.2 Å². The van der Waals surface area contributed by atoms with Crippen LogP contribution in [0.1, 0.15) is 13.3 Å². The van der Waals surface area contributed by atoms with Crippen LogP contribution in [0.4, 0.5) is 11.4 Å². The van der Waals surface area contributed by atoms with E-state index >= 15 is 0 Å². The van der Waals surface area contributed by atoms with E-state index in [0.29, 0.717) is 17.8 Å². The molecule has 1 aromatic carbocycles. The van der Waals surface area contributed by atoms with E-state index in [1.165, 1.54) is 7.05 Å². The van der Waals surface area contributed by atoms with E-state index in [9.17, 15) is 13.2 Å². The number of carbonyl (C=O) groups excluding carboxylic acids is 1. The van der Waals surface area contributed by atoms with Gasteiger partial charge in [-0.2, -0.15) is 0 Å².